The van der Waals surface area contributed by atoms with Gasteiger partial charge < -0.3 is 0 Å². The van der Waals surface area contributed by atoms with Crippen LogP contribution in [0.15, 0.2) is 54.6 Å². The van der Waals surface area contributed by atoms with E-state index in [2.05, 4.69) is 82.3 Å². The van der Waals surface area contributed by atoms with Crippen molar-refractivity contribution in [3.05, 3.63) is 71.3 Å². The lowest BCUT2D eigenvalue weighted by Crippen LogP contribution is -2.52. The van der Waals surface area contributed by atoms with Crippen LogP contribution in [0.2, 0.25) is 0 Å². The van der Waals surface area contributed by atoms with Crippen LogP contribution in [-0.4, -0.2) is 0 Å². The summed E-state index contributed by atoms with van der Waals surface area (Å²) < 4.78 is 0. The van der Waals surface area contributed by atoms with Gasteiger partial charge in [-0.25, -0.2) is 0 Å². The van der Waals surface area contributed by atoms with Crippen LogP contribution in [0.1, 0.15) is 69.6 Å². The van der Waals surface area contributed by atoms with Crippen LogP contribution in [-0.2, 0) is 11.8 Å². The van der Waals surface area contributed by atoms with Gasteiger partial charge in [-0.3, -0.25) is 0 Å². The normalized spacial score (nSPS) is 31.7. The number of rotatable bonds is 2. The molecule has 4 atom stereocenters. The molecule has 0 aliphatic heterocycles. The molecule has 0 aromatic heterocycles. The number of benzene rings is 2. The standard InChI is InChI=1S/C25H32/c1-18(19-10-6-5-7-11-19)21-16-17-25(4)22-13-9-8-12-20(22)14-15-23(25)24(21,2)3/h5-13,18,21,23H,14-17H2,1-4H3/t18-,21-,23+,25-/m1/s1. The van der Waals surface area contributed by atoms with Crippen LogP contribution in [0.25, 0.3) is 0 Å². The second kappa shape index (κ2) is 6.01. The van der Waals surface area contributed by atoms with E-state index in [0.29, 0.717) is 16.7 Å². The van der Waals surface area contributed by atoms with Crippen molar-refractivity contribution in [2.24, 2.45) is 17.3 Å². The molecule has 0 spiro atoms. The SMILES string of the molecule is C[C@H](c1ccccc1)[C@H]1CC[C@]2(C)c3ccccc3CC[C@H]2C1(C)C. The summed E-state index contributed by atoms with van der Waals surface area (Å²) in [4.78, 5) is 0. The maximum absolute atomic E-state index is 2.56. The molecule has 0 N–H and O–H groups in total. The van der Waals surface area contributed by atoms with Crippen LogP contribution < -0.4 is 0 Å². The molecule has 0 amide bonds. The average molecular weight is 333 g/mol. The Morgan fingerprint density at radius 2 is 1.56 bits per heavy atom. The maximum Gasteiger partial charge on any atom is -0.00389 e. The number of fused-ring (bicyclic) bond motifs is 3. The van der Waals surface area contributed by atoms with Crippen molar-refractivity contribution < 1.29 is 0 Å². The Hall–Kier alpha value is -1.56. The van der Waals surface area contributed by atoms with Crippen molar-refractivity contribution in [3.8, 4) is 0 Å². The van der Waals surface area contributed by atoms with Gasteiger partial charge in [-0.1, -0.05) is 82.3 Å². The van der Waals surface area contributed by atoms with Crippen molar-refractivity contribution in [3.63, 3.8) is 0 Å². The lowest BCUT2D eigenvalue weighted by Gasteiger charge is -2.59. The van der Waals surface area contributed by atoms with Gasteiger partial charge in [0, 0.05) is 0 Å². The van der Waals surface area contributed by atoms with Gasteiger partial charge in [0.25, 0.3) is 0 Å². The van der Waals surface area contributed by atoms with E-state index < -0.39 is 0 Å². The summed E-state index contributed by atoms with van der Waals surface area (Å²) in [5.74, 6) is 2.18. The van der Waals surface area contributed by atoms with Gasteiger partial charge in [-0.15, -0.1) is 0 Å². The summed E-state index contributed by atoms with van der Waals surface area (Å²) in [6.07, 6.45) is 5.27. The fourth-order valence-corrected chi connectivity index (χ4v) is 6.57. The quantitative estimate of drug-likeness (QED) is 0.571. The van der Waals surface area contributed by atoms with Crippen LogP contribution in [0.3, 0.4) is 0 Å². The molecule has 0 saturated heterocycles. The van der Waals surface area contributed by atoms with Crippen molar-refractivity contribution in [1.82, 2.24) is 0 Å². The molecule has 2 aliphatic rings. The maximum atomic E-state index is 2.56. The Labute approximate surface area is 153 Å². The van der Waals surface area contributed by atoms with E-state index in [9.17, 15) is 0 Å². The van der Waals surface area contributed by atoms with Crippen LogP contribution in [0, 0.1) is 17.3 Å². The van der Waals surface area contributed by atoms with E-state index in [1.165, 1.54) is 31.2 Å². The summed E-state index contributed by atoms with van der Waals surface area (Å²) in [5, 5.41) is 0. The third-order valence-corrected chi connectivity index (χ3v) is 7.86. The Bertz CT molecular complexity index is 742. The largest absolute Gasteiger partial charge is 0.0622 e. The van der Waals surface area contributed by atoms with Gasteiger partial charge in [-0.2, -0.15) is 0 Å². The molecule has 0 bridgehead atoms. The molecule has 0 nitrogen and oxygen atoms in total. The molecule has 0 heterocycles. The summed E-state index contributed by atoms with van der Waals surface area (Å²) in [5.41, 5.74) is 5.48. The minimum absolute atomic E-state index is 0.352. The summed E-state index contributed by atoms with van der Waals surface area (Å²) in [6.45, 7) is 10.1. The Kier molecular flexibility index (Phi) is 4.06. The van der Waals surface area contributed by atoms with Gasteiger partial charge >= 0.3 is 0 Å². The number of hydrogen-bond acceptors (Lipinski definition) is 0. The van der Waals surface area contributed by atoms with Gasteiger partial charge in [-0.05, 0) is 71.0 Å². The molecule has 25 heavy (non-hydrogen) atoms. The lowest BCUT2D eigenvalue weighted by atomic mass is 9.46. The van der Waals surface area contributed by atoms with Gasteiger partial charge in [0.15, 0.2) is 0 Å². The molecule has 4 rings (SSSR count). The topological polar surface area (TPSA) is 0 Å². The molecule has 1 saturated carbocycles. The van der Waals surface area contributed by atoms with Gasteiger partial charge in [0.1, 0.15) is 0 Å². The zero-order valence-electron chi connectivity index (χ0n) is 16.3. The Morgan fingerprint density at radius 1 is 0.880 bits per heavy atom. The Balaban J connectivity index is 1.70. The number of hydrogen-bond donors (Lipinski definition) is 0. The second-order valence-corrected chi connectivity index (χ2v) is 9.33. The highest BCUT2D eigenvalue weighted by Crippen LogP contribution is 2.61. The molecule has 2 aromatic carbocycles. The van der Waals surface area contributed by atoms with E-state index in [0.717, 1.165) is 11.8 Å². The van der Waals surface area contributed by atoms with Gasteiger partial charge in [0.05, 0.1) is 0 Å². The molecular formula is C25H32. The molecule has 132 valence electrons. The third kappa shape index (κ3) is 2.57. The van der Waals surface area contributed by atoms with E-state index in [1.54, 1.807) is 11.1 Å². The average Bonchev–Trinajstić information content (AvgIpc) is 2.62. The molecule has 2 aromatic rings. The zero-order chi connectivity index (χ0) is 17.7. The molecular weight excluding hydrogens is 300 g/mol. The molecule has 0 heteroatoms. The van der Waals surface area contributed by atoms with E-state index in [1.807, 2.05) is 0 Å². The van der Waals surface area contributed by atoms with E-state index in [4.69, 9.17) is 0 Å². The van der Waals surface area contributed by atoms with Crippen molar-refractivity contribution >= 4 is 0 Å². The fraction of sp³-hybridized carbons (Fsp3) is 0.520. The van der Waals surface area contributed by atoms with Crippen LogP contribution >= 0.6 is 0 Å². The van der Waals surface area contributed by atoms with E-state index >= 15 is 0 Å². The lowest BCUT2D eigenvalue weighted by molar-refractivity contribution is -0.0236. The third-order valence-electron chi connectivity index (χ3n) is 7.86. The second-order valence-electron chi connectivity index (χ2n) is 9.33. The minimum atomic E-state index is 0.352. The molecule has 2 aliphatic carbocycles. The highest BCUT2D eigenvalue weighted by atomic mass is 14.6. The van der Waals surface area contributed by atoms with Crippen molar-refractivity contribution in [2.45, 2.75) is 64.7 Å². The summed E-state index contributed by atoms with van der Waals surface area (Å²) in [7, 11) is 0. The zero-order valence-corrected chi connectivity index (χ0v) is 16.3. The first-order valence-electron chi connectivity index (χ1n) is 10.1. The molecule has 0 unspecified atom stereocenters. The minimum Gasteiger partial charge on any atom is -0.0622 e. The Morgan fingerprint density at radius 3 is 2.32 bits per heavy atom. The number of aryl methyl sites for hydroxylation is 1. The predicted octanol–water partition coefficient (Wildman–Crippen LogP) is 6.75. The smallest absolute Gasteiger partial charge is 0.00389 e. The molecule has 0 radical (unpaired) electrons. The fourth-order valence-electron chi connectivity index (χ4n) is 6.57. The van der Waals surface area contributed by atoms with Crippen molar-refractivity contribution in [2.75, 3.05) is 0 Å². The van der Waals surface area contributed by atoms with Crippen molar-refractivity contribution in [1.29, 1.82) is 0 Å². The first kappa shape index (κ1) is 16.9. The monoisotopic (exact) mass is 332 g/mol. The highest BCUT2D eigenvalue weighted by molar-refractivity contribution is 5.39. The first-order valence-corrected chi connectivity index (χ1v) is 10.1. The van der Waals surface area contributed by atoms with Crippen LogP contribution in [0.5, 0.6) is 0 Å². The van der Waals surface area contributed by atoms with Gasteiger partial charge in [0.2, 0.25) is 0 Å². The predicted molar refractivity (Wildman–Crippen MR) is 107 cm³/mol. The first-order chi connectivity index (χ1) is 11.9. The summed E-state index contributed by atoms with van der Waals surface area (Å²) >= 11 is 0. The van der Waals surface area contributed by atoms with E-state index in [-0.39, 0.29) is 0 Å². The molecule has 1 fully saturated rings. The van der Waals surface area contributed by atoms with Crippen LogP contribution in [0.4, 0.5) is 0 Å². The highest BCUT2D eigenvalue weighted by Gasteiger charge is 2.54. The summed E-state index contributed by atoms with van der Waals surface area (Å²) in [6, 6.07) is 20.4.